The van der Waals surface area contributed by atoms with Crippen molar-refractivity contribution in [2.24, 2.45) is 11.8 Å². The first kappa shape index (κ1) is 16.1. The maximum Gasteiger partial charge on any atom is 0.152 e. The molecule has 0 spiro atoms. The zero-order chi connectivity index (χ0) is 15.7. The highest BCUT2D eigenvalue weighted by atomic mass is 32.1. The van der Waals surface area contributed by atoms with Crippen LogP contribution in [0.4, 0.5) is 5.82 Å². The normalized spacial score (nSPS) is 13.4. The van der Waals surface area contributed by atoms with Crippen molar-refractivity contribution >= 4 is 27.4 Å². The van der Waals surface area contributed by atoms with Crippen LogP contribution in [0, 0.1) is 19.8 Å². The molecule has 1 unspecified atom stereocenters. The van der Waals surface area contributed by atoms with Crippen LogP contribution in [-0.4, -0.2) is 28.0 Å². The highest BCUT2D eigenvalue weighted by molar-refractivity contribution is 7.18. The van der Waals surface area contributed by atoms with Gasteiger partial charge in [0, 0.05) is 10.9 Å². The van der Waals surface area contributed by atoms with E-state index in [2.05, 4.69) is 57.0 Å². The standard InChI is InChI=1S/C15H25N5S/c1-8(2)10(4)20(6)7-12-17-14(19-16)13-9(3)11(5)21-15(13)18-12/h8,10H,7,16H2,1-6H3,(H,17,18,19). The van der Waals surface area contributed by atoms with Crippen LogP contribution in [0.25, 0.3) is 10.2 Å². The molecule has 0 saturated carbocycles. The van der Waals surface area contributed by atoms with Crippen molar-refractivity contribution in [1.29, 1.82) is 0 Å². The Hall–Kier alpha value is -1.24. The first-order chi connectivity index (χ1) is 9.85. The van der Waals surface area contributed by atoms with Crippen molar-refractivity contribution in [3.63, 3.8) is 0 Å². The number of anilines is 1. The lowest BCUT2D eigenvalue weighted by Gasteiger charge is -2.27. The zero-order valence-corrected chi connectivity index (χ0v) is 14.5. The molecular formula is C15H25N5S. The lowest BCUT2D eigenvalue weighted by Crippen LogP contribution is -2.33. The molecule has 5 nitrogen and oxygen atoms in total. The Balaban J connectivity index is 2.38. The number of fused-ring (bicyclic) bond motifs is 1. The van der Waals surface area contributed by atoms with E-state index < -0.39 is 0 Å². The maximum absolute atomic E-state index is 5.65. The number of nitrogens with two attached hydrogens (primary N) is 1. The van der Waals surface area contributed by atoms with Gasteiger partial charge in [-0.3, -0.25) is 4.90 Å². The van der Waals surface area contributed by atoms with E-state index in [9.17, 15) is 0 Å². The number of aryl methyl sites for hydroxylation is 2. The van der Waals surface area contributed by atoms with Crippen molar-refractivity contribution in [2.45, 2.75) is 47.2 Å². The van der Waals surface area contributed by atoms with Gasteiger partial charge in [0.05, 0.1) is 11.9 Å². The van der Waals surface area contributed by atoms with Gasteiger partial charge in [0.25, 0.3) is 0 Å². The van der Waals surface area contributed by atoms with Gasteiger partial charge >= 0.3 is 0 Å². The summed E-state index contributed by atoms with van der Waals surface area (Å²) in [4.78, 5) is 13.9. The third-order valence-electron chi connectivity index (χ3n) is 4.26. The third-order valence-corrected chi connectivity index (χ3v) is 5.36. The molecule has 0 radical (unpaired) electrons. The van der Waals surface area contributed by atoms with Crippen LogP contribution in [0.5, 0.6) is 0 Å². The Bertz CT molecular complexity index is 635. The molecule has 0 aliphatic rings. The number of hydrogen-bond acceptors (Lipinski definition) is 6. The minimum Gasteiger partial charge on any atom is -0.308 e. The number of hydrogen-bond donors (Lipinski definition) is 2. The highest BCUT2D eigenvalue weighted by Gasteiger charge is 2.17. The fourth-order valence-corrected chi connectivity index (χ4v) is 3.39. The molecule has 2 heterocycles. The molecule has 21 heavy (non-hydrogen) atoms. The summed E-state index contributed by atoms with van der Waals surface area (Å²) in [6.07, 6.45) is 0. The van der Waals surface area contributed by atoms with E-state index >= 15 is 0 Å². The Labute approximate surface area is 130 Å². The van der Waals surface area contributed by atoms with E-state index in [0.29, 0.717) is 12.0 Å². The van der Waals surface area contributed by atoms with Crippen molar-refractivity contribution < 1.29 is 0 Å². The number of hydrazine groups is 1. The molecule has 0 aromatic carbocycles. The second-order valence-corrected chi connectivity index (χ2v) is 7.20. The van der Waals surface area contributed by atoms with Gasteiger partial charge in [0.1, 0.15) is 10.7 Å². The van der Waals surface area contributed by atoms with Crippen LogP contribution in [-0.2, 0) is 6.54 Å². The number of thiophene rings is 1. The Kier molecular flexibility index (Phi) is 4.81. The average molecular weight is 307 g/mol. The minimum atomic E-state index is 0.477. The lowest BCUT2D eigenvalue weighted by atomic mass is 10.1. The predicted molar refractivity (Wildman–Crippen MR) is 90.5 cm³/mol. The summed E-state index contributed by atoms with van der Waals surface area (Å²) in [5.74, 6) is 7.78. The summed E-state index contributed by atoms with van der Waals surface area (Å²) in [5, 5.41) is 1.04. The topological polar surface area (TPSA) is 67.1 Å². The molecule has 0 saturated heterocycles. The minimum absolute atomic E-state index is 0.477. The SMILES string of the molecule is Cc1sc2nc(CN(C)C(C)C(C)C)nc(NN)c2c1C. The van der Waals surface area contributed by atoms with Gasteiger partial charge < -0.3 is 5.43 Å². The van der Waals surface area contributed by atoms with Gasteiger partial charge in [0.15, 0.2) is 5.82 Å². The first-order valence-electron chi connectivity index (χ1n) is 7.28. The van der Waals surface area contributed by atoms with E-state index in [1.165, 1.54) is 10.4 Å². The highest BCUT2D eigenvalue weighted by Crippen LogP contribution is 2.33. The second kappa shape index (κ2) is 6.25. The first-order valence-corrected chi connectivity index (χ1v) is 8.10. The summed E-state index contributed by atoms with van der Waals surface area (Å²) in [6, 6.07) is 0.477. The van der Waals surface area contributed by atoms with Gasteiger partial charge in [-0.1, -0.05) is 13.8 Å². The van der Waals surface area contributed by atoms with Gasteiger partial charge in [-0.05, 0) is 39.3 Å². The molecule has 3 N–H and O–H groups in total. The van der Waals surface area contributed by atoms with Crippen LogP contribution in [0.2, 0.25) is 0 Å². The molecule has 6 heteroatoms. The van der Waals surface area contributed by atoms with E-state index in [1.807, 2.05) is 0 Å². The maximum atomic E-state index is 5.65. The number of nitrogens with one attached hydrogen (secondary N) is 1. The van der Waals surface area contributed by atoms with Crippen LogP contribution in [0.3, 0.4) is 0 Å². The summed E-state index contributed by atoms with van der Waals surface area (Å²) in [7, 11) is 2.11. The van der Waals surface area contributed by atoms with E-state index in [4.69, 9.17) is 10.8 Å². The molecule has 116 valence electrons. The van der Waals surface area contributed by atoms with Gasteiger partial charge in [-0.25, -0.2) is 15.8 Å². The molecule has 1 atom stereocenters. The van der Waals surface area contributed by atoms with Crippen LogP contribution < -0.4 is 11.3 Å². The van der Waals surface area contributed by atoms with Crippen molar-refractivity contribution in [2.75, 3.05) is 12.5 Å². The Morgan fingerprint density at radius 1 is 1.24 bits per heavy atom. The van der Waals surface area contributed by atoms with E-state index in [1.54, 1.807) is 11.3 Å². The van der Waals surface area contributed by atoms with Crippen molar-refractivity contribution in [3.8, 4) is 0 Å². The fraction of sp³-hybridized carbons (Fsp3) is 0.600. The molecule has 2 aromatic rings. The zero-order valence-electron chi connectivity index (χ0n) is 13.7. The molecule has 2 aromatic heterocycles. The van der Waals surface area contributed by atoms with E-state index in [0.717, 1.165) is 28.4 Å². The van der Waals surface area contributed by atoms with Crippen LogP contribution in [0.1, 0.15) is 37.0 Å². The molecule has 2 rings (SSSR count). The fourth-order valence-electron chi connectivity index (χ4n) is 2.34. The summed E-state index contributed by atoms with van der Waals surface area (Å²) >= 11 is 1.70. The monoisotopic (exact) mass is 307 g/mol. The molecule has 0 aliphatic carbocycles. The Morgan fingerprint density at radius 2 is 1.90 bits per heavy atom. The number of aromatic nitrogens is 2. The summed E-state index contributed by atoms with van der Waals surface area (Å²) in [5.41, 5.74) is 3.93. The van der Waals surface area contributed by atoms with Gasteiger partial charge in [-0.15, -0.1) is 11.3 Å². The van der Waals surface area contributed by atoms with Gasteiger partial charge in [0.2, 0.25) is 0 Å². The van der Waals surface area contributed by atoms with Crippen molar-refractivity contribution in [1.82, 2.24) is 14.9 Å². The molecule has 0 amide bonds. The lowest BCUT2D eigenvalue weighted by molar-refractivity contribution is 0.196. The number of nitrogens with zero attached hydrogens (tertiary/aromatic N) is 3. The molecule has 0 fully saturated rings. The third kappa shape index (κ3) is 3.17. The second-order valence-electron chi connectivity index (χ2n) is 6.00. The summed E-state index contributed by atoms with van der Waals surface area (Å²) < 4.78 is 0. The smallest absolute Gasteiger partial charge is 0.152 e. The average Bonchev–Trinajstić information content (AvgIpc) is 2.72. The van der Waals surface area contributed by atoms with Crippen molar-refractivity contribution in [3.05, 3.63) is 16.3 Å². The van der Waals surface area contributed by atoms with E-state index in [-0.39, 0.29) is 0 Å². The Morgan fingerprint density at radius 3 is 2.48 bits per heavy atom. The van der Waals surface area contributed by atoms with Crippen LogP contribution >= 0.6 is 11.3 Å². The largest absolute Gasteiger partial charge is 0.308 e. The van der Waals surface area contributed by atoms with Crippen LogP contribution in [0.15, 0.2) is 0 Å². The quantitative estimate of drug-likeness (QED) is 0.656. The predicted octanol–water partition coefficient (Wildman–Crippen LogP) is 3.07. The summed E-state index contributed by atoms with van der Waals surface area (Å²) in [6.45, 7) is 11.6. The molecular weight excluding hydrogens is 282 g/mol. The number of nitrogen functional groups attached to an aromatic ring is 1. The van der Waals surface area contributed by atoms with Gasteiger partial charge in [-0.2, -0.15) is 0 Å². The number of rotatable bonds is 5. The molecule has 0 bridgehead atoms. The molecule has 0 aliphatic heterocycles.